The van der Waals surface area contributed by atoms with Crippen LogP contribution in [0.3, 0.4) is 0 Å². The van der Waals surface area contributed by atoms with Crippen molar-refractivity contribution in [2.45, 2.75) is 18.8 Å². The molecule has 0 heterocycles. The van der Waals surface area contributed by atoms with Gasteiger partial charge in [-0.2, -0.15) is 0 Å². The van der Waals surface area contributed by atoms with Crippen LogP contribution in [0.2, 0.25) is 0 Å². The molecule has 1 saturated carbocycles. The number of hydrogen-bond acceptors (Lipinski definition) is 2. The fraction of sp³-hybridized carbons (Fsp3) is 0.357. The predicted octanol–water partition coefficient (Wildman–Crippen LogP) is 2.76. The van der Waals surface area contributed by atoms with E-state index in [1.807, 2.05) is 14.1 Å². The lowest BCUT2D eigenvalue weighted by Crippen LogP contribution is -2.08. The number of hydrogen-bond donors (Lipinski definition) is 0. The predicted molar refractivity (Wildman–Crippen MR) is 66.9 cm³/mol. The molecule has 1 aliphatic carbocycles. The summed E-state index contributed by atoms with van der Waals surface area (Å²) in [5.74, 6) is 0.463. The van der Waals surface area contributed by atoms with Crippen LogP contribution in [0.25, 0.3) is 0 Å². The van der Waals surface area contributed by atoms with Crippen molar-refractivity contribution in [1.82, 2.24) is 0 Å². The number of carbonyl (C=O) groups excluding carboxylic acids is 1. The van der Waals surface area contributed by atoms with Crippen LogP contribution in [0, 0.1) is 0 Å². The van der Waals surface area contributed by atoms with Crippen molar-refractivity contribution >= 4 is 11.5 Å². The van der Waals surface area contributed by atoms with Crippen LogP contribution < -0.4 is 4.90 Å². The Morgan fingerprint density at radius 3 is 2.31 bits per heavy atom. The van der Waals surface area contributed by atoms with Crippen LogP contribution in [0.1, 0.15) is 24.3 Å². The number of carbonyl (C=O) groups is 1. The lowest BCUT2D eigenvalue weighted by Gasteiger charge is -2.15. The van der Waals surface area contributed by atoms with Crippen molar-refractivity contribution in [3.05, 3.63) is 42.0 Å². The lowest BCUT2D eigenvalue weighted by atomic mass is 9.94. The van der Waals surface area contributed by atoms with Crippen molar-refractivity contribution in [2.75, 3.05) is 19.0 Å². The quantitative estimate of drug-likeness (QED) is 0.707. The van der Waals surface area contributed by atoms with E-state index < -0.39 is 0 Å². The summed E-state index contributed by atoms with van der Waals surface area (Å²) in [5, 5.41) is 0. The second-order valence-corrected chi connectivity index (χ2v) is 4.53. The van der Waals surface area contributed by atoms with Crippen molar-refractivity contribution in [3.63, 3.8) is 0 Å². The molecule has 0 N–H and O–H groups in total. The molecule has 0 saturated heterocycles. The molecule has 0 aromatic heterocycles. The third-order valence-corrected chi connectivity index (χ3v) is 3.25. The van der Waals surface area contributed by atoms with Crippen LogP contribution in [0.5, 0.6) is 0 Å². The molecular formula is C14H17NO. The van der Waals surface area contributed by atoms with E-state index in [-0.39, 0.29) is 11.7 Å². The summed E-state index contributed by atoms with van der Waals surface area (Å²) < 4.78 is 0. The molecule has 2 nitrogen and oxygen atoms in total. The molecule has 0 radical (unpaired) electrons. The zero-order valence-corrected chi connectivity index (χ0v) is 9.86. The molecule has 1 unspecified atom stereocenters. The van der Waals surface area contributed by atoms with E-state index in [4.69, 9.17) is 0 Å². The van der Waals surface area contributed by atoms with Crippen LogP contribution in [-0.2, 0) is 4.79 Å². The highest BCUT2D eigenvalue weighted by Gasteiger charge is 2.27. The smallest absolute Gasteiger partial charge is 0.158 e. The number of allylic oxidation sites excluding steroid dienone is 1. The van der Waals surface area contributed by atoms with E-state index in [1.54, 1.807) is 0 Å². The second-order valence-electron chi connectivity index (χ2n) is 4.53. The van der Waals surface area contributed by atoms with Gasteiger partial charge in [0.25, 0.3) is 0 Å². The zero-order chi connectivity index (χ0) is 11.7. The summed E-state index contributed by atoms with van der Waals surface area (Å²) in [6.07, 6.45) is 1.57. The van der Waals surface area contributed by atoms with Crippen LogP contribution in [0.4, 0.5) is 5.69 Å². The Kier molecular flexibility index (Phi) is 2.82. The first-order valence-corrected chi connectivity index (χ1v) is 5.59. The van der Waals surface area contributed by atoms with Gasteiger partial charge in [0.15, 0.2) is 5.78 Å². The van der Waals surface area contributed by atoms with E-state index in [9.17, 15) is 4.79 Å². The zero-order valence-electron chi connectivity index (χ0n) is 9.86. The molecule has 0 bridgehead atoms. The van der Waals surface area contributed by atoms with Gasteiger partial charge in [0, 0.05) is 32.1 Å². The van der Waals surface area contributed by atoms with Gasteiger partial charge in [-0.3, -0.25) is 4.79 Å². The largest absolute Gasteiger partial charge is 0.378 e. The maximum absolute atomic E-state index is 11.4. The summed E-state index contributed by atoms with van der Waals surface area (Å²) in [5.41, 5.74) is 3.16. The van der Waals surface area contributed by atoms with Crippen molar-refractivity contribution < 1.29 is 4.79 Å². The number of ketones is 1. The van der Waals surface area contributed by atoms with Gasteiger partial charge in [0.2, 0.25) is 0 Å². The Balaban J connectivity index is 2.22. The molecule has 2 rings (SSSR count). The molecular weight excluding hydrogens is 198 g/mol. The van der Waals surface area contributed by atoms with Gasteiger partial charge in [-0.1, -0.05) is 18.7 Å². The first-order chi connectivity index (χ1) is 7.59. The van der Waals surface area contributed by atoms with Gasteiger partial charge in [-0.25, -0.2) is 0 Å². The number of benzene rings is 1. The van der Waals surface area contributed by atoms with E-state index in [2.05, 4.69) is 35.7 Å². The minimum Gasteiger partial charge on any atom is -0.378 e. The fourth-order valence-electron chi connectivity index (χ4n) is 2.18. The van der Waals surface area contributed by atoms with E-state index >= 15 is 0 Å². The third-order valence-electron chi connectivity index (χ3n) is 3.25. The molecule has 1 aromatic rings. The Labute approximate surface area is 96.6 Å². The van der Waals surface area contributed by atoms with Crippen molar-refractivity contribution in [3.8, 4) is 0 Å². The summed E-state index contributed by atoms with van der Waals surface area (Å²) in [7, 11) is 4.04. The van der Waals surface area contributed by atoms with Crippen LogP contribution >= 0.6 is 0 Å². The lowest BCUT2D eigenvalue weighted by molar-refractivity contribution is -0.114. The third kappa shape index (κ3) is 1.87. The molecule has 1 aliphatic rings. The van der Waals surface area contributed by atoms with E-state index in [1.165, 1.54) is 11.3 Å². The van der Waals surface area contributed by atoms with E-state index in [0.717, 1.165) is 12.0 Å². The van der Waals surface area contributed by atoms with Crippen LogP contribution in [-0.4, -0.2) is 19.9 Å². The summed E-state index contributed by atoms with van der Waals surface area (Å²) in [4.78, 5) is 13.5. The molecule has 84 valence electrons. The Bertz CT molecular complexity index is 417. The SMILES string of the molecule is C=C1C(=O)CCC1c1ccc(N(C)C)cc1. The molecule has 2 heteroatoms. The number of Topliss-reactive ketones (excluding diaryl/α,β-unsaturated/α-hetero) is 1. The van der Waals surface area contributed by atoms with Gasteiger partial charge in [-0.15, -0.1) is 0 Å². The van der Waals surface area contributed by atoms with Gasteiger partial charge >= 0.3 is 0 Å². The fourth-order valence-corrected chi connectivity index (χ4v) is 2.18. The highest BCUT2D eigenvalue weighted by Crippen LogP contribution is 2.36. The summed E-state index contributed by atoms with van der Waals surface area (Å²) >= 11 is 0. The van der Waals surface area contributed by atoms with E-state index in [0.29, 0.717) is 6.42 Å². The summed E-state index contributed by atoms with van der Waals surface area (Å²) in [6, 6.07) is 8.38. The molecule has 1 atom stereocenters. The second kappa shape index (κ2) is 4.12. The maximum atomic E-state index is 11.4. The highest BCUT2D eigenvalue weighted by atomic mass is 16.1. The Hall–Kier alpha value is -1.57. The molecule has 1 fully saturated rings. The highest BCUT2D eigenvalue weighted by molar-refractivity contribution is 5.98. The minimum absolute atomic E-state index is 0.224. The number of anilines is 1. The van der Waals surface area contributed by atoms with Gasteiger partial charge in [0.1, 0.15) is 0 Å². The Morgan fingerprint density at radius 2 is 1.88 bits per heavy atom. The molecule has 0 amide bonds. The molecule has 0 spiro atoms. The monoisotopic (exact) mass is 215 g/mol. The summed E-state index contributed by atoms with van der Waals surface area (Å²) in [6.45, 7) is 3.89. The minimum atomic E-state index is 0.224. The van der Waals surface area contributed by atoms with Gasteiger partial charge in [-0.05, 0) is 29.7 Å². The van der Waals surface area contributed by atoms with Crippen molar-refractivity contribution in [1.29, 1.82) is 0 Å². The van der Waals surface area contributed by atoms with Crippen molar-refractivity contribution in [2.24, 2.45) is 0 Å². The average Bonchev–Trinajstić information content (AvgIpc) is 2.60. The van der Waals surface area contributed by atoms with Gasteiger partial charge in [0.05, 0.1) is 0 Å². The number of rotatable bonds is 2. The average molecular weight is 215 g/mol. The van der Waals surface area contributed by atoms with Gasteiger partial charge < -0.3 is 4.90 Å². The Morgan fingerprint density at radius 1 is 1.25 bits per heavy atom. The maximum Gasteiger partial charge on any atom is 0.158 e. The standard InChI is InChI=1S/C14H17NO/c1-10-13(8-9-14(10)16)11-4-6-12(7-5-11)15(2)3/h4-7,13H,1,8-9H2,2-3H3. The molecule has 16 heavy (non-hydrogen) atoms. The first-order valence-electron chi connectivity index (χ1n) is 5.59. The first kappa shape index (κ1) is 10.9. The molecule has 1 aromatic carbocycles. The van der Waals surface area contributed by atoms with Crippen LogP contribution in [0.15, 0.2) is 36.4 Å². The normalized spacial score (nSPS) is 20.2. The number of nitrogens with zero attached hydrogens (tertiary/aromatic N) is 1. The molecule has 0 aliphatic heterocycles. The topological polar surface area (TPSA) is 20.3 Å².